The molecule has 130 valence electrons. The summed E-state index contributed by atoms with van der Waals surface area (Å²) in [7, 11) is 0. The van der Waals surface area contributed by atoms with E-state index < -0.39 is 5.97 Å². The number of carbonyl (C=O) groups is 2. The van der Waals surface area contributed by atoms with Crippen molar-refractivity contribution in [1.82, 2.24) is 10.3 Å². The number of hydrogen-bond donors (Lipinski definition) is 3. The number of aliphatic carboxylic acids is 1. The van der Waals surface area contributed by atoms with Crippen molar-refractivity contribution < 1.29 is 14.7 Å². The fourth-order valence-electron chi connectivity index (χ4n) is 1.90. The van der Waals surface area contributed by atoms with Crippen LogP contribution >= 0.6 is 23.2 Å². The number of benzene rings is 1. The van der Waals surface area contributed by atoms with Gasteiger partial charge < -0.3 is 15.7 Å². The Morgan fingerprint density at radius 1 is 1.16 bits per heavy atom. The molecule has 1 aromatic heterocycles. The number of anilines is 1. The molecule has 0 aliphatic carbocycles. The summed E-state index contributed by atoms with van der Waals surface area (Å²) in [6, 6.07) is 8.19. The van der Waals surface area contributed by atoms with Gasteiger partial charge in [0.1, 0.15) is 5.82 Å². The van der Waals surface area contributed by atoms with Crippen molar-refractivity contribution in [2.75, 3.05) is 18.4 Å². The van der Waals surface area contributed by atoms with Gasteiger partial charge in [0, 0.05) is 35.9 Å². The molecule has 1 aromatic carbocycles. The van der Waals surface area contributed by atoms with Gasteiger partial charge in [0.25, 0.3) is 5.91 Å². The van der Waals surface area contributed by atoms with E-state index in [1.165, 1.54) is 12.3 Å². The molecule has 0 saturated heterocycles. The molecule has 0 bridgehead atoms. The van der Waals surface area contributed by atoms with E-state index >= 15 is 0 Å². The van der Waals surface area contributed by atoms with Gasteiger partial charge in [0.05, 0.1) is 5.02 Å². The molecule has 0 spiro atoms. The highest BCUT2D eigenvalue weighted by atomic mass is 35.5. The van der Waals surface area contributed by atoms with E-state index in [1.807, 2.05) is 0 Å². The SMILES string of the molecule is O=C(O)C=Cc1cnc(NCCNC(=O)c2ccc(Cl)cc2)c(Cl)c1. The number of hydrogen-bond acceptors (Lipinski definition) is 4. The highest BCUT2D eigenvalue weighted by Gasteiger charge is 2.05. The maximum absolute atomic E-state index is 11.9. The first-order valence-corrected chi connectivity index (χ1v) is 8.05. The van der Waals surface area contributed by atoms with Crippen LogP contribution < -0.4 is 10.6 Å². The van der Waals surface area contributed by atoms with Crippen molar-refractivity contribution in [2.24, 2.45) is 0 Å². The van der Waals surface area contributed by atoms with Crippen molar-refractivity contribution in [3.05, 3.63) is 63.8 Å². The lowest BCUT2D eigenvalue weighted by Gasteiger charge is -2.09. The van der Waals surface area contributed by atoms with Gasteiger partial charge in [0.15, 0.2) is 0 Å². The zero-order valence-corrected chi connectivity index (χ0v) is 14.5. The fraction of sp³-hybridized carbons (Fsp3) is 0.118. The number of nitrogens with zero attached hydrogens (tertiary/aromatic N) is 1. The largest absolute Gasteiger partial charge is 0.478 e. The van der Waals surface area contributed by atoms with Crippen molar-refractivity contribution in [3.8, 4) is 0 Å². The van der Waals surface area contributed by atoms with Crippen LogP contribution in [0, 0.1) is 0 Å². The van der Waals surface area contributed by atoms with Crippen LogP contribution in [0.25, 0.3) is 6.08 Å². The lowest BCUT2D eigenvalue weighted by Crippen LogP contribution is -2.28. The number of carboxylic acids is 1. The van der Waals surface area contributed by atoms with E-state index in [-0.39, 0.29) is 5.91 Å². The van der Waals surface area contributed by atoms with Crippen LogP contribution in [0.3, 0.4) is 0 Å². The molecule has 6 nitrogen and oxygen atoms in total. The minimum atomic E-state index is -1.05. The van der Waals surface area contributed by atoms with Crippen LogP contribution in [0.4, 0.5) is 5.82 Å². The van der Waals surface area contributed by atoms with E-state index in [0.29, 0.717) is 40.1 Å². The Morgan fingerprint density at radius 2 is 1.88 bits per heavy atom. The Kier molecular flexibility index (Phi) is 6.80. The van der Waals surface area contributed by atoms with Crippen molar-refractivity contribution >= 4 is 47.0 Å². The quantitative estimate of drug-likeness (QED) is 0.506. The summed E-state index contributed by atoms with van der Waals surface area (Å²) in [5.74, 6) is -0.795. The van der Waals surface area contributed by atoms with Crippen LogP contribution in [0.5, 0.6) is 0 Å². The zero-order chi connectivity index (χ0) is 18.2. The predicted octanol–water partition coefficient (Wildman–Crippen LogP) is 3.33. The Morgan fingerprint density at radius 3 is 2.52 bits per heavy atom. The molecule has 1 heterocycles. The molecule has 0 aliphatic rings. The van der Waals surface area contributed by atoms with Gasteiger partial charge in [0.2, 0.25) is 0 Å². The molecular weight excluding hydrogens is 365 g/mol. The van der Waals surface area contributed by atoms with Crippen molar-refractivity contribution in [3.63, 3.8) is 0 Å². The van der Waals surface area contributed by atoms with Crippen molar-refractivity contribution in [1.29, 1.82) is 0 Å². The standard InChI is InChI=1S/C17H15Cl2N3O3/c18-13-4-2-12(3-5-13)17(25)21-8-7-20-16-14(19)9-11(10-22-16)1-6-15(23)24/h1-6,9-10H,7-8H2,(H,20,22)(H,21,25)(H,23,24). The molecule has 0 aliphatic heterocycles. The first-order chi connectivity index (χ1) is 12.0. The third-order valence-corrected chi connectivity index (χ3v) is 3.63. The number of rotatable bonds is 7. The Labute approximate surface area is 154 Å². The minimum absolute atomic E-state index is 0.202. The number of carboxylic acid groups (broad SMARTS) is 1. The van der Waals surface area contributed by atoms with Gasteiger partial charge in [-0.15, -0.1) is 0 Å². The Balaban J connectivity index is 1.82. The van der Waals surface area contributed by atoms with Gasteiger partial charge in [-0.25, -0.2) is 9.78 Å². The molecule has 0 unspecified atom stereocenters. The molecule has 0 radical (unpaired) electrons. The number of halogens is 2. The van der Waals surface area contributed by atoms with Crippen molar-refractivity contribution in [2.45, 2.75) is 0 Å². The third-order valence-electron chi connectivity index (χ3n) is 3.09. The molecule has 8 heteroatoms. The second-order valence-corrected chi connectivity index (χ2v) is 5.80. The van der Waals surface area contributed by atoms with E-state index in [0.717, 1.165) is 6.08 Å². The van der Waals surface area contributed by atoms with E-state index in [1.54, 1.807) is 30.3 Å². The zero-order valence-electron chi connectivity index (χ0n) is 13.0. The molecule has 0 saturated carbocycles. The first kappa shape index (κ1) is 18.8. The topological polar surface area (TPSA) is 91.3 Å². The predicted molar refractivity (Wildman–Crippen MR) is 98.2 cm³/mol. The molecule has 2 rings (SSSR count). The second-order valence-electron chi connectivity index (χ2n) is 4.96. The summed E-state index contributed by atoms with van der Waals surface area (Å²) >= 11 is 11.9. The molecule has 3 N–H and O–H groups in total. The summed E-state index contributed by atoms with van der Waals surface area (Å²) in [5, 5.41) is 15.3. The summed E-state index contributed by atoms with van der Waals surface area (Å²) < 4.78 is 0. The van der Waals surface area contributed by atoms with E-state index in [4.69, 9.17) is 28.3 Å². The van der Waals surface area contributed by atoms with Gasteiger partial charge >= 0.3 is 5.97 Å². The fourth-order valence-corrected chi connectivity index (χ4v) is 2.27. The van der Waals surface area contributed by atoms with Gasteiger partial charge in [-0.2, -0.15) is 0 Å². The molecular formula is C17H15Cl2N3O3. The number of aromatic nitrogens is 1. The summed E-state index contributed by atoms with van der Waals surface area (Å²) in [4.78, 5) is 26.5. The molecule has 2 aromatic rings. The molecule has 1 amide bonds. The van der Waals surface area contributed by atoms with Crippen LogP contribution in [-0.4, -0.2) is 35.1 Å². The van der Waals surface area contributed by atoms with Gasteiger partial charge in [-0.05, 0) is 42.0 Å². The van der Waals surface area contributed by atoms with E-state index in [9.17, 15) is 9.59 Å². The normalized spacial score (nSPS) is 10.6. The average Bonchev–Trinajstić information content (AvgIpc) is 2.58. The lowest BCUT2D eigenvalue weighted by atomic mass is 10.2. The minimum Gasteiger partial charge on any atom is -0.478 e. The lowest BCUT2D eigenvalue weighted by molar-refractivity contribution is -0.131. The monoisotopic (exact) mass is 379 g/mol. The van der Waals surface area contributed by atoms with Crippen LogP contribution in [0.15, 0.2) is 42.6 Å². The molecule has 25 heavy (non-hydrogen) atoms. The Bertz CT molecular complexity index is 792. The number of amides is 1. The maximum Gasteiger partial charge on any atom is 0.328 e. The first-order valence-electron chi connectivity index (χ1n) is 7.30. The molecule has 0 atom stereocenters. The van der Waals surface area contributed by atoms with Crippen LogP contribution in [-0.2, 0) is 4.79 Å². The second kappa shape index (κ2) is 9.05. The average molecular weight is 380 g/mol. The summed E-state index contributed by atoms with van der Waals surface area (Å²) in [6.45, 7) is 0.802. The molecule has 0 fully saturated rings. The highest BCUT2D eigenvalue weighted by molar-refractivity contribution is 6.33. The van der Waals surface area contributed by atoms with E-state index in [2.05, 4.69) is 15.6 Å². The van der Waals surface area contributed by atoms with Crippen LogP contribution in [0.2, 0.25) is 10.0 Å². The Hall–Kier alpha value is -2.57. The summed E-state index contributed by atoms with van der Waals surface area (Å²) in [6.07, 6.45) is 3.91. The highest BCUT2D eigenvalue weighted by Crippen LogP contribution is 2.20. The summed E-state index contributed by atoms with van der Waals surface area (Å²) in [5.41, 5.74) is 1.10. The van der Waals surface area contributed by atoms with Gasteiger partial charge in [-0.1, -0.05) is 23.2 Å². The third kappa shape index (κ3) is 6.10. The number of nitrogens with one attached hydrogen (secondary N) is 2. The number of pyridine rings is 1. The maximum atomic E-state index is 11.9. The number of carbonyl (C=O) groups excluding carboxylic acids is 1. The van der Waals surface area contributed by atoms with Gasteiger partial charge in [-0.3, -0.25) is 4.79 Å². The van der Waals surface area contributed by atoms with Crippen LogP contribution in [0.1, 0.15) is 15.9 Å². The smallest absolute Gasteiger partial charge is 0.328 e.